The van der Waals surface area contributed by atoms with Gasteiger partial charge in [0, 0.05) is 18.3 Å². The van der Waals surface area contributed by atoms with Gasteiger partial charge < -0.3 is 10.6 Å². The van der Waals surface area contributed by atoms with Gasteiger partial charge in [0.25, 0.3) is 5.91 Å². The lowest BCUT2D eigenvalue weighted by Crippen LogP contribution is -2.29. The van der Waals surface area contributed by atoms with Crippen molar-refractivity contribution in [3.05, 3.63) is 60.2 Å². The molecule has 8 nitrogen and oxygen atoms in total. The van der Waals surface area contributed by atoms with Gasteiger partial charge in [-0.15, -0.1) is 17.5 Å². The Balaban J connectivity index is 0.00000210. The third-order valence-corrected chi connectivity index (χ3v) is 4.54. The Morgan fingerprint density at radius 2 is 1.96 bits per heavy atom. The van der Waals surface area contributed by atoms with Crippen LogP contribution in [0.1, 0.15) is 34.9 Å². The van der Waals surface area contributed by atoms with Gasteiger partial charge in [-0.25, -0.2) is 9.36 Å². The molecule has 142 valence electrons. The van der Waals surface area contributed by atoms with Gasteiger partial charge in [0.15, 0.2) is 5.69 Å². The van der Waals surface area contributed by atoms with Crippen LogP contribution < -0.4 is 10.6 Å². The zero-order valence-corrected chi connectivity index (χ0v) is 15.6. The van der Waals surface area contributed by atoms with E-state index in [1.54, 1.807) is 17.1 Å². The summed E-state index contributed by atoms with van der Waals surface area (Å²) in [6, 6.07) is 10.2. The van der Waals surface area contributed by atoms with E-state index in [-0.39, 0.29) is 18.3 Å². The molecule has 1 saturated heterocycles. The van der Waals surface area contributed by atoms with Gasteiger partial charge in [-0.05, 0) is 38.1 Å². The monoisotopic (exact) mass is 387 g/mol. The van der Waals surface area contributed by atoms with E-state index in [9.17, 15) is 4.79 Å². The largest absolute Gasteiger partial charge is 0.346 e. The Bertz CT molecular complexity index is 871. The van der Waals surface area contributed by atoms with Crippen LogP contribution in [-0.4, -0.2) is 43.8 Å². The zero-order chi connectivity index (χ0) is 17.8. The molecule has 2 N–H and O–H groups in total. The third-order valence-electron chi connectivity index (χ3n) is 4.54. The third kappa shape index (κ3) is 4.53. The van der Waals surface area contributed by atoms with Crippen LogP contribution in [0, 0.1) is 0 Å². The van der Waals surface area contributed by atoms with Crippen LogP contribution in [0.2, 0.25) is 0 Å². The number of aromatic nitrogens is 5. The number of benzene rings is 1. The van der Waals surface area contributed by atoms with Crippen LogP contribution in [0.5, 0.6) is 0 Å². The molecule has 9 heteroatoms. The van der Waals surface area contributed by atoms with E-state index < -0.39 is 0 Å². The molecule has 3 heterocycles. The molecule has 4 rings (SSSR count). The fraction of sp³-hybridized carbons (Fsp3) is 0.333. The second-order valence-corrected chi connectivity index (χ2v) is 6.38. The Kier molecular flexibility index (Phi) is 6.20. The predicted molar refractivity (Wildman–Crippen MR) is 103 cm³/mol. The van der Waals surface area contributed by atoms with E-state index in [2.05, 4.69) is 26.0 Å². The smallest absolute Gasteiger partial charge is 0.273 e. The fourth-order valence-corrected chi connectivity index (χ4v) is 3.08. The molecule has 0 spiro atoms. The molecular formula is C18H22ClN7O. The number of para-hydroxylation sites is 1. The number of carbonyl (C=O) groups is 1. The molecule has 1 fully saturated rings. The topological polar surface area (TPSA) is 89.7 Å². The van der Waals surface area contributed by atoms with E-state index in [1.807, 2.05) is 41.2 Å². The molecule has 1 aromatic carbocycles. The second-order valence-electron chi connectivity index (χ2n) is 6.38. The molecule has 1 amide bonds. The normalized spacial score (nSPS) is 14.5. The lowest BCUT2D eigenvalue weighted by molar-refractivity contribution is 0.0946. The summed E-state index contributed by atoms with van der Waals surface area (Å²) in [5.74, 6) is -0.224. The van der Waals surface area contributed by atoms with Crippen molar-refractivity contribution in [2.75, 3.05) is 13.1 Å². The Labute approximate surface area is 163 Å². The predicted octanol–water partition coefficient (Wildman–Crippen LogP) is 1.74. The average Bonchev–Trinajstić information content (AvgIpc) is 3.37. The lowest BCUT2D eigenvalue weighted by Gasteiger charge is -2.22. The van der Waals surface area contributed by atoms with Gasteiger partial charge in [-0.3, -0.25) is 4.79 Å². The van der Waals surface area contributed by atoms with Gasteiger partial charge in [0.1, 0.15) is 0 Å². The van der Waals surface area contributed by atoms with Crippen LogP contribution in [0.3, 0.4) is 0 Å². The summed E-state index contributed by atoms with van der Waals surface area (Å²) in [4.78, 5) is 12.3. The molecule has 3 aromatic rings. The summed E-state index contributed by atoms with van der Waals surface area (Å²) in [5, 5.41) is 18.7. The van der Waals surface area contributed by atoms with Gasteiger partial charge in [-0.2, -0.15) is 5.10 Å². The molecule has 0 saturated carbocycles. The number of amides is 1. The summed E-state index contributed by atoms with van der Waals surface area (Å²) >= 11 is 0. The molecule has 0 unspecified atom stereocenters. The van der Waals surface area contributed by atoms with Crippen molar-refractivity contribution >= 4 is 18.3 Å². The summed E-state index contributed by atoms with van der Waals surface area (Å²) in [6.07, 6.45) is 7.39. The maximum Gasteiger partial charge on any atom is 0.273 e. The van der Waals surface area contributed by atoms with Gasteiger partial charge in [0.2, 0.25) is 0 Å². The van der Waals surface area contributed by atoms with E-state index in [4.69, 9.17) is 0 Å². The molecule has 1 aliphatic rings. The molecule has 0 bridgehead atoms. The number of piperidine rings is 1. The van der Waals surface area contributed by atoms with Crippen molar-refractivity contribution < 1.29 is 4.79 Å². The van der Waals surface area contributed by atoms with E-state index in [1.165, 1.54) is 0 Å². The summed E-state index contributed by atoms with van der Waals surface area (Å²) in [6.45, 7) is 2.33. The first-order valence-electron chi connectivity index (χ1n) is 8.79. The minimum absolute atomic E-state index is 0. The highest BCUT2D eigenvalue weighted by Gasteiger charge is 2.18. The van der Waals surface area contributed by atoms with Crippen LogP contribution in [0.4, 0.5) is 0 Å². The highest BCUT2D eigenvalue weighted by molar-refractivity contribution is 5.91. The molecule has 0 radical (unpaired) electrons. The Hall–Kier alpha value is -2.71. The first-order valence-corrected chi connectivity index (χ1v) is 8.79. The van der Waals surface area contributed by atoms with Crippen LogP contribution in [-0.2, 0) is 6.54 Å². The first-order chi connectivity index (χ1) is 12.8. The summed E-state index contributed by atoms with van der Waals surface area (Å²) in [5.41, 5.74) is 2.25. The number of rotatable bonds is 5. The quantitative estimate of drug-likeness (QED) is 0.696. The standard InChI is InChI=1S/C18H21N7O.ClH/c26-18(17-13-25(23-22-17)16-6-8-19-9-7-16)20-10-14-11-21-24(12-14)15-4-2-1-3-5-15;/h1-5,11-13,16,19H,6-10H2,(H,20,26);1H. The minimum Gasteiger partial charge on any atom is -0.346 e. The molecule has 0 atom stereocenters. The van der Waals surface area contributed by atoms with E-state index >= 15 is 0 Å². The Morgan fingerprint density at radius 1 is 1.19 bits per heavy atom. The van der Waals surface area contributed by atoms with Crippen molar-refractivity contribution in [3.63, 3.8) is 0 Å². The van der Waals surface area contributed by atoms with Crippen molar-refractivity contribution in [1.29, 1.82) is 0 Å². The number of carbonyl (C=O) groups excluding carboxylic acids is 1. The Morgan fingerprint density at radius 3 is 2.74 bits per heavy atom. The van der Waals surface area contributed by atoms with Crippen LogP contribution >= 0.6 is 12.4 Å². The first kappa shape index (κ1) is 19.1. The summed E-state index contributed by atoms with van der Waals surface area (Å²) < 4.78 is 3.60. The number of hydrogen-bond acceptors (Lipinski definition) is 5. The zero-order valence-electron chi connectivity index (χ0n) is 14.8. The van der Waals surface area contributed by atoms with Gasteiger partial charge in [-0.1, -0.05) is 23.4 Å². The molecule has 27 heavy (non-hydrogen) atoms. The summed E-state index contributed by atoms with van der Waals surface area (Å²) in [7, 11) is 0. The SMILES string of the molecule is Cl.O=C(NCc1cnn(-c2ccccc2)c1)c1cn(C2CCNCC2)nn1. The highest BCUT2D eigenvalue weighted by atomic mass is 35.5. The lowest BCUT2D eigenvalue weighted by atomic mass is 10.1. The van der Waals surface area contributed by atoms with E-state index in [0.717, 1.165) is 37.2 Å². The molecular weight excluding hydrogens is 366 g/mol. The molecule has 0 aliphatic carbocycles. The van der Waals surface area contributed by atoms with Gasteiger partial charge >= 0.3 is 0 Å². The molecule has 1 aliphatic heterocycles. The van der Waals surface area contributed by atoms with Crippen molar-refractivity contribution in [2.45, 2.75) is 25.4 Å². The van der Waals surface area contributed by atoms with Crippen molar-refractivity contribution in [2.24, 2.45) is 0 Å². The number of hydrogen-bond donors (Lipinski definition) is 2. The van der Waals surface area contributed by atoms with E-state index in [0.29, 0.717) is 18.3 Å². The maximum absolute atomic E-state index is 12.3. The maximum atomic E-state index is 12.3. The number of nitrogens with zero attached hydrogens (tertiary/aromatic N) is 5. The fourth-order valence-electron chi connectivity index (χ4n) is 3.08. The van der Waals surface area contributed by atoms with Gasteiger partial charge in [0.05, 0.1) is 24.1 Å². The van der Waals surface area contributed by atoms with Crippen molar-refractivity contribution in [3.8, 4) is 5.69 Å². The number of nitrogens with one attached hydrogen (secondary N) is 2. The highest BCUT2D eigenvalue weighted by Crippen LogP contribution is 2.17. The van der Waals surface area contributed by atoms with Crippen molar-refractivity contribution in [1.82, 2.24) is 35.4 Å². The molecule has 2 aromatic heterocycles. The van der Waals surface area contributed by atoms with Crippen LogP contribution in [0.25, 0.3) is 5.69 Å². The second kappa shape index (κ2) is 8.79. The average molecular weight is 388 g/mol. The minimum atomic E-state index is -0.224. The van der Waals surface area contributed by atoms with Crippen LogP contribution in [0.15, 0.2) is 48.9 Å². The number of halogens is 1.